The standard InChI is InChI=1S/C30H24FIN2O4/c31-25-18-27(34-19-21(16-17-32)28(35)33-29(34)36)38-26(25)20-37-30(22-10-4-1-5-11-22,23-12-6-2-7-13-23)24-14-8-3-9-15-24/h1-15,19,25-27H,18,20H2,(H,33,35,36). The van der Waals surface area contributed by atoms with Crippen LogP contribution in [0.5, 0.6) is 0 Å². The molecule has 0 radical (unpaired) electrons. The molecule has 3 aromatic carbocycles. The number of aromatic nitrogens is 2. The number of alkyl halides is 1. The highest BCUT2D eigenvalue weighted by atomic mass is 127. The largest absolute Gasteiger partial charge is 0.358 e. The lowest BCUT2D eigenvalue weighted by Crippen LogP contribution is -2.37. The van der Waals surface area contributed by atoms with Gasteiger partial charge in [-0.3, -0.25) is 14.3 Å². The molecule has 3 atom stereocenters. The van der Waals surface area contributed by atoms with Crippen LogP contribution >= 0.6 is 22.6 Å². The van der Waals surface area contributed by atoms with Crippen molar-refractivity contribution in [3.8, 4) is 9.85 Å². The van der Waals surface area contributed by atoms with Gasteiger partial charge in [0, 0.05) is 35.2 Å². The van der Waals surface area contributed by atoms with E-state index in [1.807, 2.05) is 91.0 Å². The molecular formula is C30H24FIN2O4. The zero-order valence-corrected chi connectivity index (χ0v) is 22.4. The maximum Gasteiger partial charge on any atom is 0.330 e. The van der Waals surface area contributed by atoms with Crippen molar-refractivity contribution < 1.29 is 13.9 Å². The Hall–Kier alpha value is -3.52. The van der Waals surface area contributed by atoms with Gasteiger partial charge in [-0.25, -0.2) is 9.18 Å². The van der Waals surface area contributed by atoms with E-state index in [2.05, 4.69) is 14.8 Å². The molecule has 0 amide bonds. The van der Waals surface area contributed by atoms with Gasteiger partial charge in [0.15, 0.2) is 0 Å². The Balaban J connectivity index is 1.49. The normalized spacial score (nSPS) is 19.1. The van der Waals surface area contributed by atoms with Crippen molar-refractivity contribution in [2.75, 3.05) is 6.61 Å². The van der Waals surface area contributed by atoms with Gasteiger partial charge in [-0.05, 0) is 26.5 Å². The number of aromatic amines is 1. The Morgan fingerprint density at radius 1 is 0.947 bits per heavy atom. The summed E-state index contributed by atoms with van der Waals surface area (Å²) >= 11 is 1.81. The lowest BCUT2D eigenvalue weighted by Gasteiger charge is -2.36. The van der Waals surface area contributed by atoms with Crippen molar-refractivity contribution in [3.05, 3.63) is 140 Å². The van der Waals surface area contributed by atoms with Crippen molar-refractivity contribution in [2.24, 2.45) is 0 Å². The summed E-state index contributed by atoms with van der Waals surface area (Å²) in [6, 6.07) is 29.4. The smallest absolute Gasteiger partial charge is 0.330 e. The second-order valence-electron chi connectivity index (χ2n) is 8.90. The topological polar surface area (TPSA) is 73.3 Å². The Morgan fingerprint density at radius 3 is 1.97 bits per heavy atom. The van der Waals surface area contributed by atoms with Crippen LogP contribution < -0.4 is 11.2 Å². The van der Waals surface area contributed by atoms with E-state index in [1.165, 1.54) is 10.8 Å². The fourth-order valence-electron chi connectivity index (χ4n) is 4.82. The highest BCUT2D eigenvalue weighted by Gasteiger charge is 2.42. The molecular weight excluding hydrogens is 598 g/mol. The summed E-state index contributed by atoms with van der Waals surface area (Å²) in [6.45, 7) is -0.0745. The van der Waals surface area contributed by atoms with E-state index in [1.54, 1.807) is 22.6 Å². The first-order chi connectivity index (χ1) is 18.5. The highest BCUT2D eigenvalue weighted by Crippen LogP contribution is 2.41. The summed E-state index contributed by atoms with van der Waals surface area (Å²) < 4.78 is 31.9. The molecule has 0 spiro atoms. The highest BCUT2D eigenvalue weighted by molar-refractivity contribution is 14.1. The molecule has 4 aromatic rings. The SMILES string of the molecule is O=c1[nH]c(=O)n(C2CC(F)C(COC(c3ccccc3)(c3ccccc3)c3ccccc3)O2)cc1C#CI. The van der Waals surface area contributed by atoms with E-state index >= 15 is 4.39 Å². The molecule has 5 rings (SSSR count). The van der Waals surface area contributed by atoms with Crippen LogP contribution in [0.3, 0.4) is 0 Å². The molecule has 3 unspecified atom stereocenters. The molecule has 0 bridgehead atoms. The average molecular weight is 622 g/mol. The van der Waals surface area contributed by atoms with Gasteiger partial charge in [0.1, 0.15) is 29.7 Å². The summed E-state index contributed by atoms with van der Waals surface area (Å²) in [5.74, 6) is 2.65. The van der Waals surface area contributed by atoms with Crippen LogP contribution in [0.1, 0.15) is 34.9 Å². The third kappa shape index (κ3) is 5.10. The summed E-state index contributed by atoms with van der Waals surface area (Å²) in [5, 5.41) is 0. The quantitative estimate of drug-likeness (QED) is 0.181. The molecule has 2 heterocycles. The number of hydrogen-bond donors (Lipinski definition) is 1. The van der Waals surface area contributed by atoms with E-state index in [4.69, 9.17) is 9.47 Å². The van der Waals surface area contributed by atoms with Crippen molar-refractivity contribution in [2.45, 2.75) is 30.5 Å². The van der Waals surface area contributed by atoms with E-state index in [-0.39, 0.29) is 18.6 Å². The van der Waals surface area contributed by atoms with Gasteiger partial charge in [-0.1, -0.05) is 91.0 Å². The third-order valence-electron chi connectivity index (χ3n) is 6.63. The number of nitrogens with zero attached hydrogens (tertiary/aromatic N) is 1. The molecule has 0 saturated carbocycles. The molecule has 1 aliphatic heterocycles. The number of ether oxygens (including phenoxy) is 2. The van der Waals surface area contributed by atoms with Crippen molar-refractivity contribution in [1.29, 1.82) is 0 Å². The van der Waals surface area contributed by atoms with Gasteiger partial charge in [0.25, 0.3) is 5.56 Å². The van der Waals surface area contributed by atoms with Gasteiger partial charge in [0.05, 0.1) is 6.61 Å². The first-order valence-electron chi connectivity index (χ1n) is 12.1. The summed E-state index contributed by atoms with van der Waals surface area (Å²) in [5.41, 5.74) is 0.476. The lowest BCUT2D eigenvalue weighted by molar-refractivity contribution is -0.0868. The molecule has 1 N–H and O–H groups in total. The van der Waals surface area contributed by atoms with Crippen LogP contribution in [-0.4, -0.2) is 28.4 Å². The Kier molecular flexibility index (Phi) is 7.88. The summed E-state index contributed by atoms with van der Waals surface area (Å²) in [7, 11) is 0. The van der Waals surface area contributed by atoms with E-state index in [0.29, 0.717) is 0 Å². The van der Waals surface area contributed by atoms with Crippen molar-refractivity contribution in [3.63, 3.8) is 0 Å². The van der Waals surface area contributed by atoms with Crippen LogP contribution in [0.25, 0.3) is 0 Å². The van der Waals surface area contributed by atoms with E-state index in [0.717, 1.165) is 16.7 Å². The van der Waals surface area contributed by atoms with Gasteiger partial charge in [-0.15, -0.1) is 0 Å². The first kappa shape index (κ1) is 26.1. The maximum atomic E-state index is 15.3. The summed E-state index contributed by atoms with van der Waals surface area (Å²) in [4.78, 5) is 26.8. The number of benzene rings is 3. The van der Waals surface area contributed by atoms with Gasteiger partial charge in [-0.2, -0.15) is 0 Å². The zero-order chi connectivity index (χ0) is 26.5. The molecule has 38 heavy (non-hydrogen) atoms. The van der Waals surface area contributed by atoms with Gasteiger partial charge >= 0.3 is 5.69 Å². The maximum absolute atomic E-state index is 15.3. The molecule has 1 aliphatic rings. The van der Waals surface area contributed by atoms with Crippen molar-refractivity contribution in [1.82, 2.24) is 9.55 Å². The third-order valence-corrected chi connectivity index (χ3v) is 6.90. The Bertz CT molecular complexity index is 1470. The predicted octanol–water partition coefficient (Wildman–Crippen LogP) is 4.91. The number of hydrogen-bond acceptors (Lipinski definition) is 4. The molecule has 0 aliphatic carbocycles. The van der Waals surface area contributed by atoms with Gasteiger partial charge in [0.2, 0.25) is 0 Å². The second-order valence-corrected chi connectivity index (χ2v) is 9.44. The number of nitrogens with one attached hydrogen (secondary N) is 1. The van der Waals surface area contributed by atoms with Crippen LogP contribution in [0.15, 0.2) is 107 Å². The molecule has 1 aromatic heterocycles. The molecule has 192 valence electrons. The fraction of sp³-hybridized carbons (Fsp3) is 0.200. The van der Waals surface area contributed by atoms with Gasteiger partial charge < -0.3 is 9.47 Å². The molecule has 8 heteroatoms. The molecule has 6 nitrogen and oxygen atoms in total. The van der Waals surface area contributed by atoms with E-state index in [9.17, 15) is 9.59 Å². The van der Waals surface area contributed by atoms with Crippen LogP contribution in [0.2, 0.25) is 0 Å². The molecule has 1 fully saturated rings. The second kappa shape index (κ2) is 11.5. The average Bonchev–Trinajstić information content (AvgIpc) is 3.32. The zero-order valence-electron chi connectivity index (χ0n) is 20.2. The molecule has 1 saturated heterocycles. The Labute approximate surface area is 232 Å². The number of rotatable bonds is 7. The fourth-order valence-corrected chi connectivity index (χ4v) is 5.12. The monoisotopic (exact) mass is 622 g/mol. The summed E-state index contributed by atoms with van der Waals surface area (Å²) in [6.07, 6.45) is -1.98. The lowest BCUT2D eigenvalue weighted by atomic mass is 9.80. The number of halogens is 2. The predicted molar refractivity (Wildman–Crippen MR) is 151 cm³/mol. The Morgan fingerprint density at radius 2 is 1.47 bits per heavy atom. The van der Waals surface area contributed by atoms with Crippen LogP contribution in [0.4, 0.5) is 4.39 Å². The van der Waals surface area contributed by atoms with Crippen LogP contribution in [0, 0.1) is 9.85 Å². The van der Waals surface area contributed by atoms with Crippen molar-refractivity contribution >= 4 is 22.6 Å². The number of H-pyrrole nitrogens is 1. The minimum Gasteiger partial charge on any atom is -0.358 e. The minimum atomic E-state index is -1.39. The minimum absolute atomic E-state index is 0.0634. The van der Waals surface area contributed by atoms with E-state index < -0.39 is 35.4 Å². The van der Waals surface area contributed by atoms with Crippen LogP contribution in [-0.2, 0) is 15.1 Å². The first-order valence-corrected chi connectivity index (χ1v) is 13.2.